The third-order valence-corrected chi connectivity index (χ3v) is 3.96. The van der Waals surface area contributed by atoms with Crippen LogP contribution in [0.4, 0.5) is 0 Å². The third-order valence-electron chi connectivity index (χ3n) is 3.96. The fraction of sp³-hybridized carbons (Fsp3) is 0.467. The number of fused-ring (bicyclic) bond motifs is 1. The number of Topliss-reactive ketones (excluding diaryl/α,β-unsaturated/α-hetero) is 1. The average molecular weight is 257 g/mol. The molecule has 0 bridgehead atoms. The van der Waals surface area contributed by atoms with Crippen molar-refractivity contribution in [2.75, 3.05) is 7.05 Å². The van der Waals surface area contributed by atoms with Gasteiger partial charge in [0.25, 0.3) is 0 Å². The molecule has 19 heavy (non-hydrogen) atoms. The zero-order valence-corrected chi connectivity index (χ0v) is 11.2. The summed E-state index contributed by atoms with van der Waals surface area (Å²) in [6, 6.07) is 6.54. The first-order valence-corrected chi connectivity index (χ1v) is 6.87. The Morgan fingerprint density at radius 2 is 2.16 bits per heavy atom. The summed E-state index contributed by atoms with van der Waals surface area (Å²) in [5.41, 5.74) is 2.08. The van der Waals surface area contributed by atoms with E-state index < -0.39 is 0 Å². The minimum Gasteiger partial charge on any atom is -0.307 e. The minimum atomic E-state index is 0.414. The van der Waals surface area contributed by atoms with Crippen LogP contribution in [0.2, 0.25) is 0 Å². The summed E-state index contributed by atoms with van der Waals surface area (Å²) in [5, 5.41) is 0. The fourth-order valence-electron chi connectivity index (χ4n) is 2.81. The fourth-order valence-corrected chi connectivity index (χ4v) is 2.81. The van der Waals surface area contributed by atoms with Gasteiger partial charge in [0.05, 0.1) is 5.69 Å². The topological polar surface area (TPSA) is 37.6 Å². The van der Waals surface area contributed by atoms with Gasteiger partial charge in [-0.2, -0.15) is 0 Å². The second-order valence-electron chi connectivity index (χ2n) is 5.38. The van der Waals surface area contributed by atoms with E-state index >= 15 is 0 Å². The maximum atomic E-state index is 11.3. The van der Waals surface area contributed by atoms with E-state index in [9.17, 15) is 4.79 Å². The van der Waals surface area contributed by atoms with Gasteiger partial charge in [0.2, 0.25) is 0 Å². The summed E-state index contributed by atoms with van der Waals surface area (Å²) in [4.78, 5) is 18.2. The number of hydrogen-bond donors (Lipinski definition) is 0. The summed E-state index contributed by atoms with van der Waals surface area (Å²) >= 11 is 0. The summed E-state index contributed by atoms with van der Waals surface area (Å²) < 4.78 is 2.05. The van der Waals surface area contributed by atoms with Crippen LogP contribution in [-0.4, -0.2) is 33.2 Å². The Hall–Kier alpha value is -1.68. The summed E-state index contributed by atoms with van der Waals surface area (Å²) in [5.74, 6) is 0.414. The van der Waals surface area contributed by atoms with Gasteiger partial charge in [-0.3, -0.25) is 9.69 Å². The zero-order valence-electron chi connectivity index (χ0n) is 11.2. The van der Waals surface area contributed by atoms with Gasteiger partial charge in [-0.1, -0.05) is 6.07 Å². The Morgan fingerprint density at radius 1 is 1.37 bits per heavy atom. The molecule has 0 radical (unpaired) electrons. The summed E-state index contributed by atoms with van der Waals surface area (Å²) in [6.45, 7) is 0.848. The number of hydrogen-bond acceptors (Lipinski definition) is 3. The van der Waals surface area contributed by atoms with Crippen LogP contribution in [0.25, 0.3) is 5.65 Å². The molecule has 100 valence electrons. The van der Waals surface area contributed by atoms with Crippen molar-refractivity contribution in [2.45, 2.75) is 38.3 Å². The lowest BCUT2D eigenvalue weighted by Crippen LogP contribution is -2.34. The molecule has 0 spiro atoms. The molecule has 0 aliphatic heterocycles. The number of carbonyl (C=O) groups excluding carboxylic acids is 1. The van der Waals surface area contributed by atoms with Crippen molar-refractivity contribution in [3.05, 3.63) is 36.3 Å². The maximum absolute atomic E-state index is 11.3. The van der Waals surface area contributed by atoms with E-state index in [4.69, 9.17) is 0 Å². The van der Waals surface area contributed by atoms with Crippen LogP contribution in [0.1, 0.15) is 31.4 Å². The van der Waals surface area contributed by atoms with Crippen LogP contribution in [0.3, 0.4) is 0 Å². The lowest BCUT2D eigenvalue weighted by atomic mass is 9.93. The SMILES string of the molecule is CN(Cc1cn2ccccc2n1)C1CCC(=O)CC1. The predicted octanol–water partition coefficient (Wildman–Crippen LogP) is 2.28. The van der Waals surface area contributed by atoms with Gasteiger partial charge in [0, 0.05) is 37.8 Å². The molecular formula is C15H19N3O. The molecule has 0 amide bonds. The molecule has 2 aromatic rings. The molecule has 3 rings (SSSR count). The van der Waals surface area contributed by atoms with Gasteiger partial charge in [-0.05, 0) is 32.0 Å². The van der Waals surface area contributed by atoms with E-state index in [0.29, 0.717) is 11.8 Å². The molecule has 2 aromatic heterocycles. The molecule has 0 atom stereocenters. The second-order valence-corrected chi connectivity index (χ2v) is 5.38. The van der Waals surface area contributed by atoms with Gasteiger partial charge in [-0.15, -0.1) is 0 Å². The molecule has 1 saturated carbocycles. The molecule has 0 aromatic carbocycles. The first-order chi connectivity index (χ1) is 9.22. The van der Waals surface area contributed by atoms with E-state index in [0.717, 1.165) is 43.6 Å². The quantitative estimate of drug-likeness (QED) is 0.846. The van der Waals surface area contributed by atoms with Crippen LogP contribution in [0.15, 0.2) is 30.6 Å². The third kappa shape index (κ3) is 2.68. The molecule has 2 heterocycles. The highest BCUT2D eigenvalue weighted by Crippen LogP contribution is 2.20. The lowest BCUT2D eigenvalue weighted by Gasteiger charge is -2.30. The number of imidazole rings is 1. The highest BCUT2D eigenvalue weighted by Gasteiger charge is 2.22. The Morgan fingerprint density at radius 3 is 2.89 bits per heavy atom. The molecule has 1 aliphatic carbocycles. The second kappa shape index (κ2) is 5.13. The van der Waals surface area contributed by atoms with Gasteiger partial charge in [-0.25, -0.2) is 4.98 Å². The van der Waals surface area contributed by atoms with Crippen molar-refractivity contribution >= 4 is 11.4 Å². The lowest BCUT2D eigenvalue weighted by molar-refractivity contribution is -0.121. The van der Waals surface area contributed by atoms with Crippen molar-refractivity contribution < 1.29 is 4.79 Å². The first kappa shape index (κ1) is 12.4. The Bertz CT molecular complexity index is 547. The smallest absolute Gasteiger partial charge is 0.137 e. The number of rotatable bonds is 3. The molecular weight excluding hydrogens is 238 g/mol. The monoisotopic (exact) mass is 257 g/mol. The molecule has 0 unspecified atom stereocenters. The van der Waals surface area contributed by atoms with Gasteiger partial charge < -0.3 is 4.40 Å². The Kier molecular flexibility index (Phi) is 3.34. The van der Waals surface area contributed by atoms with Gasteiger partial charge in [0.15, 0.2) is 0 Å². The summed E-state index contributed by atoms with van der Waals surface area (Å²) in [7, 11) is 2.13. The number of nitrogens with zero attached hydrogens (tertiary/aromatic N) is 3. The van der Waals surface area contributed by atoms with Crippen molar-refractivity contribution in [2.24, 2.45) is 0 Å². The number of carbonyl (C=O) groups is 1. The van der Waals surface area contributed by atoms with Crippen molar-refractivity contribution in [1.29, 1.82) is 0 Å². The Labute approximate surface area is 113 Å². The average Bonchev–Trinajstić information content (AvgIpc) is 2.81. The molecule has 0 saturated heterocycles. The molecule has 4 heteroatoms. The number of pyridine rings is 1. The van der Waals surface area contributed by atoms with Gasteiger partial charge >= 0.3 is 0 Å². The van der Waals surface area contributed by atoms with Crippen molar-refractivity contribution in [3.63, 3.8) is 0 Å². The largest absolute Gasteiger partial charge is 0.307 e. The predicted molar refractivity (Wildman–Crippen MR) is 73.9 cm³/mol. The first-order valence-electron chi connectivity index (χ1n) is 6.87. The molecule has 1 aliphatic rings. The standard InChI is InChI=1S/C15H19N3O/c1-17(13-5-7-14(19)8-6-13)10-12-11-18-9-3-2-4-15(18)16-12/h2-4,9,11,13H,5-8,10H2,1H3. The normalized spacial score (nSPS) is 17.5. The van der Waals surface area contributed by atoms with Crippen LogP contribution in [-0.2, 0) is 11.3 Å². The number of ketones is 1. The highest BCUT2D eigenvalue weighted by molar-refractivity contribution is 5.79. The van der Waals surface area contributed by atoms with E-state index in [1.165, 1.54) is 0 Å². The molecule has 0 N–H and O–H groups in total. The van der Waals surface area contributed by atoms with Gasteiger partial charge in [0.1, 0.15) is 11.4 Å². The van der Waals surface area contributed by atoms with Crippen LogP contribution < -0.4 is 0 Å². The van der Waals surface area contributed by atoms with E-state index in [-0.39, 0.29) is 0 Å². The van der Waals surface area contributed by atoms with Crippen LogP contribution in [0, 0.1) is 0 Å². The number of aromatic nitrogens is 2. The summed E-state index contributed by atoms with van der Waals surface area (Å²) in [6.07, 6.45) is 7.55. The molecule has 1 fully saturated rings. The zero-order chi connectivity index (χ0) is 13.2. The van der Waals surface area contributed by atoms with Crippen molar-refractivity contribution in [1.82, 2.24) is 14.3 Å². The minimum absolute atomic E-state index is 0.414. The van der Waals surface area contributed by atoms with Crippen molar-refractivity contribution in [3.8, 4) is 0 Å². The Balaban J connectivity index is 1.68. The van der Waals surface area contributed by atoms with E-state index in [1.54, 1.807) is 0 Å². The highest BCUT2D eigenvalue weighted by atomic mass is 16.1. The maximum Gasteiger partial charge on any atom is 0.137 e. The van der Waals surface area contributed by atoms with E-state index in [1.807, 2.05) is 28.8 Å². The molecule has 4 nitrogen and oxygen atoms in total. The van der Waals surface area contributed by atoms with Crippen LogP contribution in [0.5, 0.6) is 0 Å². The van der Waals surface area contributed by atoms with E-state index in [2.05, 4.69) is 23.1 Å². The van der Waals surface area contributed by atoms with Crippen LogP contribution >= 0.6 is 0 Å².